The van der Waals surface area contributed by atoms with Crippen molar-refractivity contribution in [3.8, 4) is 0 Å². The standard InChI is InChI=1S/C15H17N3/c1-2-4-13-11(3-1)5-6-14(13)18-10-16-9-12-7-8-17-15(12)18/h1-4,9,14,17H,5-8,10H2/t14-/m0/s1. The third kappa shape index (κ3) is 1.40. The van der Waals surface area contributed by atoms with Crippen molar-refractivity contribution in [1.29, 1.82) is 0 Å². The van der Waals surface area contributed by atoms with Gasteiger partial charge in [-0.2, -0.15) is 0 Å². The third-order valence-corrected chi connectivity index (χ3v) is 4.24. The Morgan fingerprint density at radius 1 is 1.22 bits per heavy atom. The lowest BCUT2D eigenvalue weighted by molar-refractivity contribution is 0.245. The molecule has 0 saturated carbocycles. The number of fused-ring (bicyclic) bond motifs is 1. The van der Waals surface area contributed by atoms with Gasteiger partial charge in [0.05, 0.1) is 6.04 Å². The van der Waals surface area contributed by atoms with E-state index in [0.717, 1.165) is 19.6 Å². The molecule has 3 heteroatoms. The number of nitrogens with one attached hydrogen (secondary N) is 1. The first-order chi connectivity index (χ1) is 8.93. The maximum Gasteiger partial charge on any atom is 0.112 e. The molecule has 0 unspecified atom stereocenters. The number of benzene rings is 1. The zero-order valence-electron chi connectivity index (χ0n) is 10.4. The maximum atomic E-state index is 4.52. The summed E-state index contributed by atoms with van der Waals surface area (Å²) in [6.45, 7) is 1.85. The molecule has 1 N–H and O–H groups in total. The van der Waals surface area contributed by atoms with Gasteiger partial charge in [-0.3, -0.25) is 4.99 Å². The monoisotopic (exact) mass is 239 g/mol. The molecule has 0 bridgehead atoms. The molecule has 2 heterocycles. The third-order valence-electron chi connectivity index (χ3n) is 4.24. The summed E-state index contributed by atoms with van der Waals surface area (Å²) in [6.07, 6.45) is 5.58. The lowest BCUT2D eigenvalue weighted by Gasteiger charge is -2.33. The summed E-state index contributed by atoms with van der Waals surface area (Å²) in [6, 6.07) is 9.35. The van der Waals surface area contributed by atoms with Crippen LogP contribution in [0.15, 0.2) is 40.7 Å². The van der Waals surface area contributed by atoms with Gasteiger partial charge in [0.25, 0.3) is 0 Å². The van der Waals surface area contributed by atoms with Crippen LogP contribution >= 0.6 is 0 Å². The molecule has 4 rings (SSSR count). The fraction of sp³-hybridized carbons (Fsp3) is 0.400. The molecule has 0 aromatic heterocycles. The van der Waals surface area contributed by atoms with Gasteiger partial charge in [-0.25, -0.2) is 0 Å². The van der Waals surface area contributed by atoms with Crippen LogP contribution in [0, 0.1) is 0 Å². The first-order valence-corrected chi connectivity index (χ1v) is 6.75. The van der Waals surface area contributed by atoms with Crippen molar-refractivity contribution in [2.24, 2.45) is 4.99 Å². The summed E-state index contributed by atoms with van der Waals surface area (Å²) in [7, 11) is 0. The Labute approximate surface area is 107 Å². The van der Waals surface area contributed by atoms with Crippen LogP contribution in [0.25, 0.3) is 0 Å². The number of hydrogen-bond acceptors (Lipinski definition) is 3. The molecule has 1 aromatic rings. The molecule has 2 aliphatic heterocycles. The highest BCUT2D eigenvalue weighted by Crippen LogP contribution is 2.38. The number of hydrogen-bond donors (Lipinski definition) is 1. The normalized spacial score (nSPS) is 25.1. The number of aryl methyl sites for hydroxylation is 1. The van der Waals surface area contributed by atoms with Crippen LogP contribution in [0.1, 0.15) is 30.0 Å². The highest BCUT2D eigenvalue weighted by atomic mass is 15.3. The number of rotatable bonds is 1. The summed E-state index contributed by atoms with van der Waals surface area (Å²) in [5.41, 5.74) is 4.39. The summed E-state index contributed by atoms with van der Waals surface area (Å²) in [4.78, 5) is 6.97. The van der Waals surface area contributed by atoms with Crippen molar-refractivity contribution in [1.82, 2.24) is 10.2 Å². The molecule has 3 aliphatic rings. The molecule has 0 fully saturated rings. The first-order valence-electron chi connectivity index (χ1n) is 6.75. The van der Waals surface area contributed by atoms with Gasteiger partial charge in [-0.15, -0.1) is 0 Å². The Balaban J connectivity index is 1.71. The summed E-state index contributed by atoms with van der Waals surface area (Å²) >= 11 is 0. The highest BCUT2D eigenvalue weighted by Gasteiger charge is 2.32. The van der Waals surface area contributed by atoms with Gasteiger partial charge in [0.15, 0.2) is 0 Å². The molecule has 92 valence electrons. The van der Waals surface area contributed by atoms with Gasteiger partial charge in [0.1, 0.15) is 12.5 Å². The Morgan fingerprint density at radius 2 is 2.17 bits per heavy atom. The minimum absolute atomic E-state index is 0.509. The van der Waals surface area contributed by atoms with Crippen molar-refractivity contribution in [2.75, 3.05) is 13.2 Å². The molecule has 0 radical (unpaired) electrons. The Hall–Kier alpha value is -1.77. The highest BCUT2D eigenvalue weighted by molar-refractivity contribution is 5.81. The van der Waals surface area contributed by atoms with E-state index in [1.165, 1.54) is 35.4 Å². The molecule has 1 aromatic carbocycles. The quantitative estimate of drug-likeness (QED) is 0.813. The largest absolute Gasteiger partial charge is 0.371 e. The van der Waals surface area contributed by atoms with Gasteiger partial charge < -0.3 is 10.2 Å². The first kappa shape index (κ1) is 10.2. The van der Waals surface area contributed by atoms with E-state index in [9.17, 15) is 0 Å². The Kier molecular flexibility index (Phi) is 2.19. The van der Waals surface area contributed by atoms with E-state index in [1.807, 2.05) is 6.21 Å². The SMILES string of the molecule is C1=NCN([C@H]2CCc3ccccc32)C2=C1CCN2. The fourth-order valence-electron chi connectivity index (χ4n) is 3.38. The molecular formula is C15H17N3. The van der Waals surface area contributed by atoms with Crippen LogP contribution in [0.5, 0.6) is 0 Å². The van der Waals surface area contributed by atoms with Crippen LogP contribution in [0.2, 0.25) is 0 Å². The van der Waals surface area contributed by atoms with E-state index in [4.69, 9.17) is 0 Å². The van der Waals surface area contributed by atoms with Gasteiger partial charge in [0, 0.05) is 18.3 Å². The van der Waals surface area contributed by atoms with Crippen molar-refractivity contribution in [3.63, 3.8) is 0 Å². The average Bonchev–Trinajstić information content (AvgIpc) is 3.05. The van der Waals surface area contributed by atoms with E-state index in [0.29, 0.717) is 6.04 Å². The molecule has 1 aliphatic carbocycles. The van der Waals surface area contributed by atoms with Crippen molar-refractivity contribution >= 4 is 6.21 Å². The van der Waals surface area contributed by atoms with Crippen LogP contribution in [-0.4, -0.2) is 24.3 Å². The van der Waals surface area contributed by atoms with Crippen LogP contribution in [-0.2, 0) is 6.42 Å². The zero-order chi connectivity index (χ0) is 11.9. The lowest BCUT2D eigenvalue weighted by atomic mass is 10.1. The van der Waals surface area contributed by atoms with E-state index >= 15 is 0 Å². The van der Waals surface area contributed by atoms with Crippen molar-refractivity contribution in [3.05, 3.63) is 46.8 Å². The van der Waals surface area contributed by atoms with Crippen molar-refractivity contribution < 1.29 is 0 Å². The Bertz CT molecular complexity index is 544. The molecule has 1 atom stereocenters. The number of nitrogens with zero attached hydrogens (tertiary/aromatic N) is 2. The topological polar surface area (TPSA) is 27.6 Å². The molecular weight excluding hydrogens is 222 g/mol. The minimum atomic E-state index is 0.509. The summed E-state index contributed by atoms with van der Waals surface area (Å²) < 4.78 is 0. The van der Waals surface area contributed by atoms with E-state index in [-0.39, 0.29) is 0 Å². The van der Waals surface area contributed by atoms with E-state index in [1.54, 1.807) is 0 Å². The van der Waals surface area contributed by atoms with E-state index in [2.05, 4.69) is 39.5 Å². The fourth-order valence-corrected chi connectivity index (χ4v) is 3.38. The average molecular weight is 239 g/mol. The second kappa shape index (κ2) is 3.87. The zero-order valence-corrected chi connectivity index (χ0v) is 10.4. The van der Waals surface area contributed by atoms with Gasteiger partial charge in [-0.1, -0.05) is 24.3 Å². The van der Waals surface area contributed by atoms with E-state index < -0.39 is 0 Å². The molecule has 0 spiro atoms. The van der Waals surface area contributed by atoms with Crippen LogP contribution in [0.3, 0.4) is 0 Å². The van der Waals surface area contributed by atoms with Crippen LogP contribution in [0.4, 0.5) is 0 Å². The second-order valence-corrected chi connectivity index (χ2v) is 5.23. The minimum Gasteiger partial charge on any atom is -0.371 e. The van der Waals surface area contributed by atoms with Gasteiger partial charge in [-0.05, 0) is 30.4 Å². The molecule has 18 heavy (non-hydrogen) atoms. The van der Waals surface area contributed by atoms with Gasteiger partial charge in [0.2, 0.25) is 0 Å². The maximum absolute atomic E-state index is 4.52. The predicted molar refractivity (Wildman–Crippen MR) is 72.3 cm³/mol. The molecule has 0 saturated heterocycles. The van der Waals surface area contributed by atoms with Crippen LogP contribution < -0.4 is 5.32 Å². The smallest absolute Gasteiger partial charge is 0.112 e. The number of aliphatic imine (C=N–C) groups is 1. The predicted octanol–water partition coefficient (Wildman–Crippen LogP) is 2.22. The van der Waals surface area contributed by atoms with Gasteiger partial charge >= 0.3 is 0 Å². The Morgan fingerprint density at radius 3 is 3.17 bits per heavy atom. The summed E-state index contributed by atoms with van der Waals surface area (Å²) in [5, 5.41) is 3.53. The molecule has 0 amide bonds. The molecule has 3 nitrogen and oxygen atoms in total. The lowest BCUT2D eigenvalue weighted by Crippen LogP contribution is -2.34. The van der Waals surface area contributed by atoms with Crippen molar-refractivity contribution in [2.45, 2.75) is 25.3 Å². The summed E-state index contributed by atoms with van der Waals surface area (Å²) in [5.74, 6) is 1.33. The second-order valence-electron chi connectivity index (χ2n) is 5.23.